The van der Waals surface area contributed by atoms with Gasteiger partial charge in [-0.05, 0) is 36.8 Å². The molecular formula is C20H27IN4O2. The van der Waals surface area contributed by atoms with Crippen molar-refractivity contribution in [1.82, 2.24) is 15.5 Å². The maximum absolute atomic E-state index is 11.7. The van der Waals surface area contributed by atoms with Gasteiger partial charge in [0.2, 0.25) is 5.91 Å². The standard InChI is InChI=1S/C20H26N4O2.HI/c1-4-21-20(23-15-19(25)24(2)3)22-14-16-10-12-18(13-11-16)26-17-8-6-5-7-9-17;/h5-13H,4,14-15H2,1-3H3,(H2,21,22,23);1H. The lowest BCUT2D eigenvalue weighted by Gasteiger charge is -2.14. The third-order valence-corrected chi connectivity index (χ3v) is 3.57. The maximum atomic E-state index is 11.7. The minimum Gasteiger partial charge on any atom is -0.457 e. The van der Waals surface area contributed by atoms with E-state index in [1.807, 2.05) is 61.5 Å². The number of carbonyl (C=O) groups excluding carboxylic acids is 1. The molecular weight excluding hydrogens is 455 g/mol. The summed E-state index contributed by atoms with van der Waals surface area (Å²) in [5.74, 6) is 2.21. The molecule has 2 rings (SSSR count). The van der Waals surface area contributed by atoms with Crippen molar-refractivity contribution < 1.29 is 9.53 Å². The molecule has 0 aliphatic heterocycles. The molecule has 0 spiro atoms. The van der Waals surface area contributed by atoms with Gasteiger partial charge >= 0.3 is 0 Å². The fourth-order valence-corrected chi connectivity index (χ4v) is 2.12. The summed E-state index contributed by atoms with van der Waals surface area (Å²) in [6.45, 7) is 3.44. The van der Waals surface area contributed by atoms with Gasteiger partial charge in [0.05, 0.1) is 13.1 Å². The number of amides is 1. The fraction of sp³-hybridized carbons (Fsp3) is 0.300. The van der Waals surface area contributed by atoms with Crippen LogP contribution in [0.2, 0.25) is 0 Å². The minimum absolute atomic E-state index is 0. The highest BCUT2D eigenvalue weighted by atomic mass is 127. The molecule has 0 heterocycles. The van der Waals surface area contributed by atoms with Crippen molar-refractivity contribution in [3.63, 3.8) is 0 Å². The first-order chi connectivity index (χ1) is 12.6. The summed E-state index contributed by atoms with van der Waals surface area (Å²) < 4.78 is 5.78. The summed E-state index contributed by atoms with van der Waals surface area (Å²) in [6.07, 6.45) is 0. The van der Waals surface area contributed by atoms with Gasteiger partial charge in [0.1, 0.15) is 11.5 Å². The summed E-state index contributed by atoms with van der Waals surface area (Å²) in [5, 5.41) is 6.17. The molecule has 2 aromatic rings. The monoisotopic (exact) mass is 482 g/mol. The van der Waals surface area contributed by atoms with Crippen molar-refractivity contribution in [3.8, 4) is 11.5 Å². The van der Waals surface area contributed by atoms with Crippen LogP contribution in [0.5, 0.6) is 11.5 Å². The largest absolute Gasteiger partial charge is 0.457 e. The van der Waals surface area contributed by atoms with Crippen molar-refractivity contribution in [3.05, 3.63) is 60.2 Å². The van der Waals surface area contributed by atoms with Crippen LogP contribution < -0.4 is 15.4 Å². The SMILES string of the molecule is CCNC(=NCc1ccc(Oc2ccccc2)cc1)NCC(=O)N(C)C.I. The van der Waals surface area contributed by atoms with Gasteiger partial charge in [-0.2, -0.15) is 0 Å². The Balaban J connectivity index is 0.00000364. The number of ether oxygens (including phenoxy) is 1. The first-order valence-electron chi connectivity index (χ1n) is 8.62. The molecule has 7 heteroatoms. The normalized spacial score (nSPS) is 10.6. The van der Waals surface area contributed by atoms with Gasteiger partial charge in [-0.1, -0.05) is 30.3 Å². The van der Waals surface area contributed by atoms with Gasteiger partial charge < -0.3 is 20.3 Å². The zero-order valence-corrected chi connectivity index (χ0v) is 18.3. The van der Waals surface area contributed by atoms with Gasteiger partial charge in [-0.3, -0.25) is 4.79 Å². The van der Waals surface area contributed by atoms with Crippen LogP contribution in [0.15, 0.2) is 59.6 Å². The number of benzene rings is 2. The lowest BCUT2D eigenvalue weighted by molar-refractivity contribution is -0.127. The summed E-state index contributed by atoms with van der Waals surface area (Å²) in [6, 6.07) is 17.5. The van der Waals surface area contributed by atoms with E-state index in [1.54, 1.807) is 19.0 Å². The van der Waals surface area contributed by atoms with Gasteiger partial charge in [0.25, 0.3) is 0 Å². The number of halogens is 1. The number of hydrogen-bond donors (Lipinski definition) is 2. The molecule has 2 aromatic carbocycles. The molecule has 27 heavy (non-hydrogen) atoms. The van der Waals surface area contributed by atoms with Gasteiger partial charge in [0.15, 0.2) is 5.96 Å². The number of nitrogens with one attached hydrogen (secondary N) is 2. The number of guanidine groups is 1. The Kier molecular flexibility index (Phi) is 10.2. The van der Waals surface area contributed by atoms with Crippen LogP contribution in [-0.2, 0) is 11.3 Å². The van der Waals surface area contributed by atoms with Crippen LogP contribution in [0.25, 0.3) is 0 Å². The topological polar surface area (TPSA) is 66.0 Å². The minimum atomic E-state index is -0.00184. The van der Waals surface area contributed by atoms with Crippen molar-refractivity contribution in [2.75, 3.05) is 27.2 Å². The van der Waals surface area contributed by atoms with Crippen molar-refractivity contribution in [2.24, 2.45) is 4.99 Å². The van der Waals surface area contributed by atoms with Gasteiger partial charge in [0, 0.05) is 20.6 Å². The molecule has 0 fully saturated rings. The number of carbonyl (C=O) groups is 1. The van der Waals surface area contributed by atoms with E-state index in [9.17, 15) is 4.79 Å². The van der Waals surface area contributed by atoms with Crippen molar-refractivity contribution in [2.45, 2.75) is 13.5 Å². The fourth-order valence-electron chi connectivity index (χ4n) is 2.12. The average molecular weight is 482 g/mol. The van der Waals surface area contributed by atoms with Crippen molar-refractivity contribution in [1.29, 1.82) is 0 Å². The maximum Gasteiger partial charge on any atom is 0.241 e. The zero-order chi connectivity index (χ0) is 18.8. The van der Waals surface area contributed by atoms with Crippen molar-refractivity contribution >= 4 is 35.8 Å². The van der Waals surface area contributed by atoms with E-state index in [4.69, 9.17) is 4.74 Å². The van der Waals surface area contributed by atoms with E-state index in [0.29, 0.717) is 12.5 Å². The lowest BCUT2D eigenvalue weighted by atomic mass is 10.2. The molecule has 0 saturated carbocycles. The van der Waals surface area contributed by atoms with Crippen LogP contribution in [0.1, 0.15) is 12.5 Å². The smallest absolute Gasteiger partial charge is 0.241 e. The highest BCUT2D eigenvalue weighted by Gasteiger charge is 2.05. The van der Waals surface area contributed by atoms with Crippen LogP contribution in [0, 0.1) is 0 Å². The molecule has 0 atom stereocenters. The van der Waals surface area contributed by atoms with Gasteiger partial charge in [-0.15, -0.1) is 24.0 Å². The Morgan fingerprint density at radius 2 is 1.63 bits per heavy atom. The third kappa shape index (κ3) is 8.29. The molecule has 0 unspecified atom stereocenters. The molecule has 0 radical (unpaired) electrons. The van der Waals surface area contributed by atoms with E-state index >= 15 is 0 Å². The summed E-state index contributed by atoms with van der Waals surface area (Å²) in [5.41, 5.74) is 1.06. The highest BCUT2D eigenvalue weighted by Crippen LogP contribution is 2.21. The molecule has 6 nitrogen and oxygen atoms in total. The number of likely N-dealkylation sites (N-methyl/N-ethyl adjacent to an activating group) is 1. The quantitative estimate of drug-likeness (QED) is 0.362. The number of rotatable bonds is 7. The molecule has 0 saturated heterocycles. The number of aliphatic imine (C=N–C) groups is 1. The van der Waals surface area contributed by atoms with Gasteiger partial charge in [-0.25, -0.2) is 4.99 Å². The predicted octanol–water partition coefficient (Wildman–Crippen LogP) is 3.24. The number of hydrogen-bond acceptors (Lipinski definition) is 3. The Hall–Kier alpha value is -2.29. The molecule has 1 amide bonds. The van der Waals surface area contributed by atoms with Crippen LogP contribution in [0.3, 0.4) is 0 Å². The molecule has 0 aliphatic rings. The van der Waals surface area contributed by atoms with E-state index in [-0.39, 0.29) is 36.4 Å². The van der Waals surface area contributed by atoms with Crippen LogP contribution >= 0.6 is 24.0 Å². The Morgan fingerprint density at radius 1 is 1.00 bits per heavy atom. The Labute approximate surface area is 178 Å². The zero-order valence-electron chi connectivity index (χ0n) is 15.9. The lowest BCUT2D eigenvalue weighted by Crippen LogP contribution is -2.42. The first-order valence-corrected chi connectivity index (χ1v) is 8.62. The second-order valence-corrected chi connectivity index (χ2v) is 5.90. The summed E-state index contributed by atoms with van der Waals surface area (Å²) in [4.78, 5) is 17.7. The van der Waals surface area contributed by atoms with E-state index in [2.05, 4.69) is 15.6 Å². The highest BCUT2D eigenvalue weighted by molar-refractivity contribution is 14.0. The molecule has 0 bridgehead atoms. The number of para-hydroxylation sites is 1. The second kappa shape index (κ2) is 12.2. The van der Waals surface area contributed by atoms with E-state index in [1.165, 1.54) is 0 Å². The Morgan fingerprint density at radius 3 is 2.22 bits per heavy atom. The summed E-state index contributed by atoms with van der Waals surface area (Å²) in [7, 11) is 3.46. The predicted molar refractivity (Wildman–Crippen MR) is 120 cm³/mol. The Bertz CT molecular complexity index is 719. The molecule has 2 N–H and O–H groups in total. The average Bonchev–Trinajstić information content (AvgIpc) is 2.65. The molecule has 0 aromatic heterocycles. The molecule has 0 aliphatic carbocycles. The van der Waals surface area contributed by atoms with E-state index in [0.717, 1.165) is 23.6 Å². The summed E-state index contributed by atoms with van der Waals surface area (Å²) >= 11 is 0. The third-order valence-electron chi connectivity index (χ3n) is 3.57. The molecule has 146 valence electrons. The van der Waals surface area contributed by atoms with Crippen LogP contribution in [-0.4, -0.2) is 44.0 Å². The number of nitrogens with zero attached hydrogens (tertiary/aromatic N) is 2. The first kappa shape index (κ1) is 22.8. The van der Waals surface area contributed by atoms with Crippen LogP contribution in [0.4, 0.5) is 0 Å². The van der Waals surface area contributed by atoms with E-state index < -0.39 is 0 Å². The second-order valence-electron chi connectivity index (χ2n) is 5.90.